The van der Waals surface area contributed by atoms with Crippen LogP contribution >= 0.6 is 0 Å². The monoisotopic (exact) mass is 171 g/mol. The molecule has 1 saturated heterocycles. The molecule has 1 heterocycles. The number of nitrogens with one attached hydrogen (secondary N) is 1. The minimum absolute atomic E-state index is 0.768. The van der Waals surface area contributed by atoms with Gasteiger partial charge in [-0.15, -0.1) is 0 Å². The van der Waals surface area contributed by atoms with Crippen LogP contribution in [0.2, 0.25) is 0 Å². The zero-order valence-electron chi connectivity index (χ0n) is 8.47. The number of hydrogen-bond donors (Lipinski definition) is 1. The third-order valence-electron chi connectivity index (χ3n) is 2.87. The maximum Gasteiger partial charge on any atom is 0.0498 e. The lowest BCUT2D eigenvalue weighted by Crippen LogP contribution is -2.30. The fraction of sp³-hybridized carbons (Fsp3) is 1.00. The van der Waals surface area contributed by atoms with Crippen molar-refractivity contribution < 1.29 is 4.74 Å². The van der Waals surface area contributed by atoms with Crippen LogP contribution in [0.4, 0.5) is 0 Å². The zero-order chi connectivity index (χ0) is 8.97. The van der Waals surface area contributed by atoms with Gasteiger partial charge >= 0.3 is 0 Å². The van der Waals surface area contributed by atoms with E-state index in [0.29, 0.717) is 0 Å². The molecule has 0 aliphatic carbocycles. The minimum Gasteiger partial charge on any atom is -0.381 e. The molecule has 1 N–H and O–H groups in total. The SMILES string of the molecule is CNCC(C(C)C)C1CCOC1. The van der Waals surface area contributed by atoms with Crippen LogP contribution in [0.5, 0.6) is 0 Å². The summed E-state index contributed by atoms with van der Waals surface area (Å²) in [4.78, 5) is 0. The van der Waals surface area contributed by atoms with Crippen molar-refractivity contribution >= 4 is 0 Å². The molecule has 0 radical (unpaired) electrons. The first-order valence-corrected chi connectivity index (χ1v) is 4.98. The van der Waals surface area contributed by atoms with Gasteiger partial charge in [0.1, 0.15) is 0 Å². The van der Waals surface area contributed by atoms with E-state index in [9.17, 15) is 0 Å². The largest absolute Gasteiger partial charge is 0.381 e. The predicted octanol–water partition coefficient (Wildman–Crippen LogP) is 1.51. The smallest absolute Gasteiger partial charge is 0.0498 e. The fourth-order valence-electron chi connectivity index (χ4n) is 2.07. The molecule has 12 heavy (non-hydrogen) atoms. The van der Waals surface area contributed by atoms with Gasteiger partial charge in [0.2, 0.25) is 0 Å². The molecule has 0 amide bonds. The Kier molecular flexibility index (Phi) is 4.02. The van der Waals surface area contributed by atoms with Gasteiger partial charge < -0.3 is 10.1 Å². The molecule has 2 heteroatoms. The van der Waals surface area contributed by atoms with Crippen molar-refractivity contribution in [2.75, 3.05) is 26.8 Å². The van der Waals surface area contributed by atoms with Crippen LogP contribution in [0.1, 0.15) is 20.3 Å². The standard InChI is InChI=1S/C10H21NO/c1-8(2)10(6-11-3)9-4-5-12-7-9/h8-11H,4-7H2,1-3H3. The summed E-state index contributed by atoms with van der Waals surface area (Å²) >= 11 is 0. The quantitative estimate of drug-likeness (QED) is 0.692. The second kappa shape index (κ2) is 4.83. The molecule has 1 aliphatic rings. The molecule has 2 atom stereocenters. The Balaban J connectivity index is 2.40. The highest BCUT2D eigenvalue weighted by Crippen LogP contribution is 2.27. The first kappa shape index (κ1) is 10.0. The lowest BCUT2D eigenvalue weighted by Gasteiger charge is -2.25. The summed E-state index contributed by atoms with van der Waals surface area (Å²) in [7, 11) is 2.03. The van der Waals surface area contributed by atoms with Crippen LogP contribution < -0.4 is 5.32 Å². The van der Waals surface area contributed by atoms with E-state index in [1.165, 1.54) is 6.42 Å². The third-order valence-corrected chi connectivity index (χ3v) is 2.87. The maximum absolute atomic E-state index is 5.41. The molecule has 0 spiro atoms. The highest BCUT2D eigenvalue weighted by molar-refractivity contribution is 4.77. The molecular weight excluding hydrogens is 150 g/mol. The maximum atomic E-state index is 5.41. The van der Waals surface area contributed by atoms with Crippen molar-refractivity contribution in [2.45, 2.75) is 20.3 Å². The van der Waals surface area contributed by atoms with Crippen molar-refractivity contribution in [3.05, 3.63) is 0 Å². The Hall–Kier alpha value is -0.0800. The predicted molar refractivity (Wildman–Crippen MR) is 51.2 cm³/mol. The van der Waals surface area contributed by atoms with Crippen LogP contribution in [-0.4, -0.2) is 26.8 Å². The molecule has 0 saturated carbocycles. The summed E-state index contributed by atoms with van der Waals surface area (Å²) in [6, 6.07) is 0. The van der Waals surface area contributed by atoms with Gasteiger partial charge in [-0.05, 0) is 37.8 Å². The van der Waals surface area contributed by atoms with E-state index < -0.39 is 0 Å². The summed E-state index contributed by atoms with van der Waals surface area (Å²) in [6.07, 6.45) is 1.25. The molecule has 1 rings (SSSR count). The van der Waals surface area contributed by atoms with Crippen LogP contribution in [0.15, 0.2) is 0 Å². The molecule has 1 aliphatic heterocycles. The van der Waals surface area contributed by atoms with Crippen molar-refractivity contribution in [1.82, 2.24) is 5.32 Å². The van der Waals surface area contributed by atoms with E-state index in [4.69, 9.17) is 4.74 Å². The molecule has 1 fully saturated rings. The van der Waals surface area contributed by atoms with Crippen molar-refractivity contribution in [2.24, 2.45) is 17.8 Å². The average Bonchev–Trinajstić information content (AvgIpc) is 2.51. The van der Waals surface area contributed by atoms with E-state index in [2.05, 4.69) is 19.2 Å². The highest BCUT2D eigenvalue weighted by Gasteiger charge is 2.27. The average molecular weight is 171 g/mol. The Labute approximate surface area is 75.7 Å². The first-order valence-electron chi connectivity index (χ1n) is 4.98. The Morgan fingerprint density at radius 3 is 2.67 bits per heavy atom. The van der Waals surface area contributed by atoms with Gasteiger partial charge in [0.15, 0.2) is 0 Å². The summed E-state index contributed by atoms with van der Waals surface area (Å²) in [5.74, 6) is 2.35. The van der Waals surface area contributed by atoms with Gasteiger partial charge in [-0.1, -0.05) is 13.8 Å². The number of rotatable bonds is 4. The zero-order valence-corrected chi connectivity index (χ0v) is 8.47. The van der Waals surface area contributed by atoms with E-state index in [0.717, 1.165) is 37.5 Å². The van der Waals surface area contributed by atoms with E-state index in [-0.39, 0.29) is 0 Å². The van der Waals surface area contributed by atoms with Gasteiger partial charge in [-0.3, -0.25) is 0 Å². The second-order valence-corrected chi connectivity index (χ2v) is 4.09. The van der Waals surface area contributed by atoms with Crippen LogP contribution in [0.3, 0.4) is 0 Å². The van der Waals surface area contributed by atoms with Crippen molar-refractivity contribution in [1.29, 1.82) is 0 Å². The highest BCUT2D eigenvalue weighted by atomic mass is 16.5. The molecule has 0 aromatic rings. The third kappa shape index (κ3) is 2.46. The molecule has 2 unspecified atom stereocenters. The van der Waals surface area contributed by atoms with Crippen molar-refractivity contribution in [3.63, 3.8) is 0 Å². The first-order chi connectivity index (χ1) is 5.75. The lowest BCUT2D eigenvalue weighted by molar-refractivity contribution is 0.159. The van der Waals surface area contributed by atoms with Crippen molar-refractivity contribution in [3.8, 4) is 0 Å². The van der Waals surface area contributed by atoms with Gasteiger partial charge in [0.25, 0.3) is 0 Å². The van der Waals surface area contributed by atoms with Crippen LogP contribution in [0, 0.1) is 17.8 Å². The summed E-state index contributed by atoms with van der Waals surface area (Å²) < 4.78 is 5.41. The van der Waals surface area contributed by atoms with Crippen LogP contribution in [0.25, 0.3) is 0 Å². The second-order valence-electron chi connectivity index (χ2n) is 4.09. The van der Waals surface area contributed by atoms with E-state index in [1.807, 2.05) is 7.05 Å². The number of ether oxygens (including phenoxy) is 1. The van der Waals surface area contributed by atoms with E-state index >= 15 is 0 Å². The Bertz CT molecular complexity index is 119. The van der Waals surface area contributed by atoms with Gasteiger partial charge in [-0.2, -0.15) is 0 Å². The summed E-state index contributed by atoms with van der Waals surface area (Å²) in [5.41, 5.74) is 0. The topological polar surface area (TPSA) is 21.3 Å². The lowest BCUT2D eigenvalue weighted by atomic mass is 9.83. The molecule has 2 nitrogen and oxygen atoms in total. The molecular formula is C10H21NO. The Morgan fingerprint density at radius 1 is 1.50 bits per heavy atom. The van der Waals surface area contributed by atoms with Crippen LogP contribution in [-0.2, 0) is 4.74 Å². The normalized spacial score (nSPS) is 26.5. The molecule has 0 bridgehead atoms. The minimum atomic E-state index is 0.768. The fourth-order valence-corrected chi connectivity index (χ4v) is 2.07. The molecule has 0 aromatic carbocycles. The van der Waals surface area contributed by atoms with Gasteiger partial charge in [0.05, 0.1) is 0 Å². The summed E-state index contributed by atoms with van der Waals surface area (Å²) in [5, 5.41) is 3.27. The van der Waals surface area contributed by atoms with E-state index in [1.54, 1.807) is 0 Å². The molecule has 0 aromatic heterocycles. The van der Waals surface area contributed by atoms with Gasteiger partial charge in [0, 0.05) is 13.2 Å². The van der Waals surface area contributed by atoms with Gasteiger partial charge in [-0.25, -0.2) is 0 Å². The number of hydrogen-bond acceptors (Lipinski definition) is 2. The molecule has 72 valence electrons. The Morgan fingerprint density at radius 2 is 2.25 bits per heavy atom. The summed E-state index contributed by atoms with van der Waals surface area (Å²) in [6.45, 7) is 7.69.